The van der Waals surface area contributed by atoms with Crippen LogP contribution in [0.15, 0.2) is 41.7 Å². The minimum absolute atomic E-state index is 0. The van der Waals surface area contributed by atoms with Crippen LogP contribution in [0.2, 0.25) is 0 Å². The number of hydrogen-bond acceptors (Lipinski definition) is 5. The molecule has 2 N–H and O–H groups in total. The molecule has 2 heterocycles. The zero-order valence-corrected chi connectivity index (χ0v) is 17.9. The summed E-state index contributed by atoms with van der Waals surface area (Å²) < 4.78 is 0. The Morgan fingerprint density at radius 2 is 1.79 bits per heavy atom. The van der Waals surface area contributed by atoms with Crippen LogP contribution in [0.5, 0.6) is 0 Å². The monoisotopic (exact) mass is 416 g/mol. The minimum atomic E-state index is 0. The van der Waals surface area contributed by atoms with Crippen molar-refractivity contribution in [2.24, 2.45) is 11.1 Å². The predicted molar refractivity (Wildman–Crippen MR) is 118 cm³/mol. The van der Waals surface area contributed by atoms with Gasteiger partial charge in [-0.2, -0.15) is 0 Å². The quantitative estimate of drug-likeness (QED) is 0.780. The molecule has 1 aromatic carbocycles. The highest BCUT2D eigenvalue weighted by Crippen LogP contribution is 2.50. The van der Waals surface area contributed by atoms with Crippen molar-refractivity contribution in [2.45, 2.75) is 61.3 Å². The Morgan fingerprint density at radius 3 is 2.46 bits per heavy atom. The number of fused-ring (bicyclic) bond motifs is 1. The van der Waals surface area contributed by atoms with E-state index in [-0.39, 0.29) is 23.9 Å². The van der Waals surface area contributed by atoms with Crippen LogP contribution < -0.4 is 10.6 Å². The predicted octanol–water partition coefficient (Wildman–Crippen LogP) is 4.78. The molecule has 0 amide bonds. The van der Waals surface area contributed by atoms with Gasteiger partial charge >= 0.3 is 0 Å². The first-order chi connectivity index (χ1) is 13.2. The molecule has 28 heavy (non-hydrogen) atoms. The first kappa shape index (κ1) is 20.0. The number of nitrogens with two attached hydrogens (primary N) is 1. The fraction of sp³-hybridized carbons (Fsp3) is 0.545. The third kappa shape index (κ3) is 3.64. The van der Waals surface area contributed by atoms with E-state index in [0.29, 0.717) is 0 Å². The molecular formula is C22H29ClN4S. The lowest BCUT2D eigenvalue weighted by molar-refractivity contribution is 0.187. The highest BCUT2D eigenvalue weighted by atomic mass is 35.5. The molecule has 0 radical (unpaired) electrons. The molecule has 2 aromatic rings. The van der Waals surface area contributed by atoms with Crippen LogP contribution in [0.3, 0.4) is 0 Å². The van der Waals surface area contributed by atoms with Crippen LogP contribution in [-0.2, 0) is 6.42 Å². The van der Waals surface area contributed by atoms with E-state index in [1.807, 2.05) is 24.2 Å². The molecule has 4 nitrogen and oxygen atoms in total. The summed E-state index contributed by atoms with van der Waals surface area (Å²) in [6, 6.07) is 8.90. The molecule has 5 rings (SSSR count). The Morgan fingerprint density at radius 1 is 1.04 bits per heavy atom. The second-order valence-electron chi connectivity index (χ2n) is 8.44. The number of aromatic nitrogens is 2. The first-order valence-corrected chi connectivity index (χ1v) is 11.2. The lowest BCUT2D eigenvalue weighted by Gasteiger charge is -2.42. The Kier molecular flexibility index (Phi) is 5.86. The third-order valence-corrected chi connectivity index (χ3v) is 8.14. The molecule has 6 heteroatoms. The maximum Gasteiger partial charge on any atom is 0.147 e. The van der Waals surface area contributed by atoms with Crippen molar-refractivity contribution < 1.29 is 0 Å². The van der Waals surface area contributed by atoms with Gasteiger partial charge in [0.25, 0.3) is 0 Å². The Bertz CT molecular complexity index is 798. The van der Waals surface area contributed by atoms with Gasteiger partial charge in [0, 0.05) is 24.4 Å². The summed E-state index contributed by atoms with van der Waals surface area (Å²) in [4.78, 5) is 11.8. The summed E-state index contributed by atoms with van der Waals surface area (Å²) in [5.41, 5.74) is 9.73. The number of rotatable bonds is 3. The van der Waals surface area contributed by atoms with E-state index >= 15 is 0 Å². The molecule has 0 bridgehead atoms. The number of hydrogen-bond donors (Lipinski definition) is 1. The number of thioether (sulfide) groups is 1. The van der Waals surface area contributed by atoms with Gasteiger partial charge in [-0.15, -0.1) is 24.2 Å². The summed E-state index contributed by atoms with van der Waals surface area (Å²) in [5.74, 6) is 1.02. The lowest BCUT2D eigenvalue weighted by Crippen LogP contribution is -2.44. The summed E-state index contributed by atoms with van der Waals surface area (Å²) in [6.07, 6.45) is 12.7. The number of benzene rings is 1. The highest BCUT2D eigenvalue weighted by Gasteiger charge is 2.45. The molecule has 1 saturated heterocycles. The molecule has 1 spiro atoms. The highest BCUT2D eigenvalue weighted by molar-refractivity contribution is 7.99. The number of halogens is 1. The fourth-order valence-electron chi connectivity index (χ4n) is 5.20. The van der Waals surface area contributed by atoms with Crippen molar-refractivity contribution in [3.05, 3.63) is 47.8 Å². The van der Waals surface area contributed by atoms with Crippen LogP contribution in [-0.4, -0.2) is 28.3 Å². The van der Waals surface area contributed by atoms with Crippen molar-refractivity contribution in [1.82, 2.24) is 9.97 Å². The second-order valence-corrected chi connectivity index (χ2v) is 9.76. The van der Waals surface area contributed by atoms with Crippen molar-refractivity contribution in [2.75, 3.05) is 18.0 Å². The lowest BCUT2D eigenvalue weighted by atomic mass is 9.73. The third-order valence-electron chi connectivity index (χ3n) is 6.88. The molecule has 1 aromatic heterocycles. The summed E-state index contributed by atoms with van der Waals surface area (Å²) in [7, 11) is 0. The Labute approximate surface area is 178 Å². The zero-order valence-electron chi connectivity index (χ0n) is 16.2. The zero-order chi connectivity index (χ0) is 18.3. The van der Waals surface area contributed by atoms with Gasteiger partial charge in [-0.1, -0.05) is 37.1 Å². The van der Waals surface area contributed by atoms with Gasteiger partial charge in [0.1, 0.15) is 10.8 Å². The maximum atomic E-state index is 6.69. The second kappa shape index (κ2) is 8.21. The Balaban J connectivity index is 0.00000192. The van der Waals surface area contributed by atoms with E-state index < -0.39 is 0 Å². The van der Waals surface area contributed by atoms with E-state index in [1.165, 1.54) is 36.8 Å². The van der Waals surface area contributed by atoms with Crippen LogP contribution in [0.4, 0.5) is 5.82 Å². The normalized spacial score (nSPS) is 23.6. The van der Waals surface area contributed by atoms with E-state index in [0.717, 1.165) is 48.4 Å². The van der Waals surface area contributed by atoms with Crippen LogP contribution >= 0.6 is 24.2 Å². The summed E-state index contributed by atoms with van der Waals surface area (Å²) in [6.45, 7) is 2.04. The number of anilines is 1. The van der Waals surface area contributed by atoms with E-state index in [2.05, 4.69) is 34.1 Å². The van der Waals surface area contributed by atoms with Crippen molar-refractivity contribution in [1.29, 1.82) is 0 Å². The molecule has 0 unspecified atom stereocenters. The SMILES string of the molecule is Cl.N[C@@H]1c2ccccc2CC12CCN(c1cnc(SC3CCCC3)cn1)CC2. The number of nitrogens with zero attached hydrogens (tertiary/aromatic N) is 3. The van der Waals surface area contributed by atoms with Crippen molar-refractivity contribution in [3.63, 3.8) is 0 Å². The van der Waals surface area contributed by atoms with Gasteiger partial charge < -0.3 is 10.6 Å². The minimum Gasteiger partial charge on any atom is -0.355 e. The molecule has 2 fully saturated rings. The molecule has 1 saturated carbocycles. The van der Waals surface area contributed by atoms with Gasteiger partial charge in [-0.05, 0) is 48.6 Å². The average molecular weight is 417 g/mol. The van der Waals surface area contributed by atoms with E-state index in [4.69, 9.17) is 10.7 Å². The average Bonchev–Trinajstić information content (AvgIpc) is 3.31. The molecule has 1 atom stereocenters. The standard InChI is InChI=1S/C22H28N4S.ClH/c23-21-18-8-4-1-5-16(18)13-22(21)9-11-26(12-10-22)19-14-25-20(15-24-19)27-17-6-2-3-7-17;/h1,4-5,8,14-15,17,21H,2-3,6-7,9-13,23H2;1H/t21-;/m1./s1. The summed E-state index contributed by atoms with van der Waals surface area (Å²) in [5, 5.41) is 1.82. The Hall–Kier alpha value is -1.30. The molecule has 1 aliphatic heterocycles. The van der Waals surface area contributed by atoms with Gasteiger partial charge in [-0.25, -0.2) is 9.97 Å². The van der Waals surface area contributed by atoms with Crippen molar-refractivity contribution >= 4 is 30.0 Å². The molecule has 3 aliphatic rings. The summed E-state index contributed by atoms with van der Waals surface area (Å²) >= 11 is 1.91. The first-order valence-electron chi connectivity index (χ1n) is 10.3. The topological polar surface area (TPSA) is 55.0 Å². The van der Waals surface area contributed by atoms with Crippen LogP contribution in [0.25, 0.3) is 0 Å². The molecule has 2 aliphatic carbocycles. The van der Waals surface area contributed by atoms with Gasteiger partial charge in [0.2, 0.25) is 0 Å². The largest absolute Gasteiger partial charge is 0.355 e. The van der Waals surface area contributed by atoms with Gasteiger partial charge in [-0.3, -0.25) is 0 Å². The van der Waals surface area contributed by atoms with Crippen LogP contribution in [0.1, 0.15) is 55.7 Å². The molecular weight excluding hydrogens is 388 g/mol. The van der Waals surface area contributed by atoms with Crippen LogP contribution in [0, 0.1) is 5.41 Å². The van der Waals surface area contributed by atoms with E-state index in [1.54, 1.807) is 0 Å². The van der Waals surface area contributed by atoms with Gasteiger partial charge in [0.15, 0.2) is 0 Å². The van der Waals surface area contributed by atoms with E-state index in [9.17, 15) is 0 Å². The fourth-order valence-corrected chi connectivity index (χ4v) is 6.33. The van der Waals surface area contributed by atoms with Crippen molar-refractivity contribution in [3.8, 4) is 0 Å². The maximum absolute atomic E-state index is 6.69. The molecule has 150 valence electrons. The number of piperidine rings is 1. The van der Waals surface area contributed by atoms with Gasteiger partial charge in [0.05, 0.1) is 12.4 Å². The smallest absolute Gasteiger partial charge is 0.147 e.